The van der Waals surface area contributed by atoms with Crippen LogP contribution in [0.3, 0.4) is 0 Å². The highest BCUT2D eigenvalue weighted by Crippen LogP contribution is 2.16. The number of nitrogens with zero attached hydrogens (tertiary/aromatic N) is 1. The first kappa shape index (κ1) is 12.5. The minimum atomic E-state index is 0.0496. The van der Waals surface area contributed by atoms with E-state index in [2.05, 4.69) is 12.3 Å². The third-order valence-corrected chi connectivity index (χ3v) is 2.53. The topological polar surface area (TPSA) is 58.4 Å². The van der Waals surface area contributed by atoms with E-state index in [0.29, 0.717) is 5.56 Å². The van der Waals surface area contributed by atoms with E-state index in [1.54, 1.807) is 11.0 Å². The lowest BCUT2D eigenvalue weighted by molar-refractivity contribution is 0.0795. The molecule has 88 valence electrons. The smallest absolute Gasteiger partial charge is 0.253 e. The van der Waals surface area contributed by atoms with Gasteiger partial charge in [-0.05, 0) is 37.1 Å². The average molecular weight is 221 g/mol. The van der Waals surface area contributed by atoms with Crippen molar-refractivity contribution < 1.29 is 4.79 Å². The Hall–Kier alpha value is -1.55. The molecule has 16 heavy (non-hydrogen) atoms. The molecular formula is C12H19N3O. The van der Waals surface area contributed by atoms with Crippen molar-refractivity contribution in [2.75, 3.05) is 19.0 Å². The van der Waals surface area contributed by atoms with E-state index in [4.69, 9.17) is 5.84 Å². The first-order valence-corrected chi connectivity index (χ1v) is 5.42. The number of benzene rings is 1. The van der Waals surface area contributed by atoms with Crippen molar-refractivity contribution in [3.63, 3.8) is 0 Å². The van der Waals surface area contributed by atoms with Crippen molar-refractivity contribution in [3.05, 3.63) is 29.3 Å². The fourth-order valence-electron chi connectivity index (χ4n) is 1.62. The monoisotopic (exact) mass is 221 g/mol. The van der Waals surface area contributed by atoms with Crippen LogP contribution in [-0.4, -0.2) is 24.4 Å². The minimum Gasteiger partial charge on any atom is -0.342 e. The van der Waals surface area contributed by atoms with Crippen molar-refractivity contribution in [1.29, 1.82) is 0 Å². The lowest BCUT2D eigenvalue weighted by Gasteiger charge is -2.16. The zero-order valence-electron chi connectivity index (χ0n) is 10.1. The number of hydrogen-bond acceptors (Lipinski definition) is 3. The molecule has 0 bridgehead atoms. The number of anilines is 1. The SMILES string of the molecule is CCCN(C)C(=O)c1ccc(NN)c(C)c1. The van der Waals surface area contributed by atoms with Crippen molar-refractivity contribution in [1.82, 2.24) is 4.90 Å². The molecule has 0 aliphatic carbocycles. The molecule has 1 rings (SSSR count). The third-order valence-electron chi connectivity index (χ3n) is 2.53. The molecule has 0 saturated heterocycles. The number of nitrogens with one attached hydrogen (secondary N) is 1. The summed E-state index contributed by atoms with van der Waals surface area (Å²) in [5.74, 6) is 5.39. The molecule has 1 aromatic rings. The van der Waals surface area contributed by atoms with Gasteiger partial charge in [-0.3, -0.25) is 10.6 Å². The Morgan fingerprint density at radius 2 is 2.19 bits per heavy atom. The third kappa shape index (κ3) is 2.73. The molecule has 4 heteroatoms. The summed E-state index contributed by atoms with van der Waals surface area (Å²) >= 11 is 0. The molecule has 1 amide bonds. The van der Waals surface area contributed by atoms with Gasteiger partial charge in [0.1, 0.15) is 0 Å². The number of carbonyl (C=O) groups excluding carboxylic acids is 1. The zero-order chi connectivity index (χ0) is 12.1. The maximum Gasteiger partial charge on any atom is 0.253 e. The van der Waals surface area contributed by atoms with Crippen LogP contribution in [0.1, 0.15) is 29.3 Å². The summed E-state index contributed by atoms with van der Waals surface area (Å²) in [6.45, 7) is 4.75. The molecule has 0 fully saturated rings. The Kier molecular flexibility index (Phi) is 4.31. The lowest BCUT2D eigenvalue weighted by Crippen LogP contribution is -2.27. The van der Waals surface area contributed by atoms with E-state index >= 15 is 0 Å². The van der Waals surface area contributed by atoms with Gasteiger partial charge in [0.25, 0.3) is 5.91 Å². The molecule has 0 unspecified atom stereocenters. The predicted molar refractivity (Wildman–Crippen MR) is 66.2 cm³/mol. The van der Waals surface area contributed by atoms with E-state index in [1.165, 1.54) is 0 Å². The average Bonchev–Trinajstić information content (AvgIpc) is 2.28. The summed E-state index contributed by atoms with van der Waals surface area (Å²) < 4.78 is 0. The van der Waals surface area contributed by atoms with Crippen molar-refractivity contribution >= 4 is 11.6 Å². The fraction of sp³-hybridized carbons (Fsp3) is 0.417. The van der Waals surface area contributed by atoms with Gasteiger partial charge in [-0.1, -0.05) is 6.92 Å². The largest absolute Gasteiger partial charge is 0.342 e. The van der Waals surface area contributed by atoms with Gasteiger partial charge < -0.3 is 10.3 Å². The van der Waals surface area contributed by atoms with Crippen molar-refractivity contribution in [3.8, 4) is 0 Å². The molecule has 4 nitrogen and oxygen atoms in total. The van der Waals surface area contributed by atoms with Crippen LogP contribution in [0.2, 0.25) is 0 Å². The maximum atomic E-state index is 12.0. The van der Waals surface area contributed by atoms with E-state index in [0.717, 1.165) is 24.2 Å². The lowest BCUT2D eigenvalue weighted by atomic mass is 10.1. The van der Waals surface area contributed by atoms with Crippen LogP contribution in [0.15, 0.2) is 18.2 Å². The molecule has 0 saturated carbocycles. The minimum absolute atomic E-state index is 0.0496. The number of rotatable bonds is 4. The fourth-order valence-corrected chi connectivity index (χ4v) is 1.62. The Morgan fingerprint density at radius 3 is 2.69 bits per heavy atom. The van der Waals surface area contributed by atoms with Gasteiger partial charge in [0, 0.05) is 19.2 Å². The highest BCUT2D eigenvalue weighted by Gasteiger charge is 2.11. The van der Waals surface area contributed by atoms with Crippen LogP contribution in [0, 0.1) is 6.92 Å². The molecule has 0 heterocycles. The molecule has 1 aromatic carbocycles. The summed E-state index contributed by atoms with van der Waals surface area (Å²) in [7, 11) is 1.82. The second-order valence-electron chi connectivity index (χ2n) is 3.90. The summed E-state index contributed by atoms with van der Waals surface area (Å²) in [5.41, 5.74) is 5.11. The summed E-state index contributed by atoms with van der Waals surface area (Å²) in [6.07, 6.45) is 0.962. The number of nitrogens with two attached hydrogens (primary N) is 1. The summed E-state index contributed by atoms with van der Waals surface area (Å²) in [5, 5.41) is 0. The first-order valence-electron chi connectivity index (χ1n) is 5.42. The standard InChI is InChI=1S/C12H19N3O/c1-4-7-15(3)12(16)10-5-6-11(14-13)9(2)8-10/h5-6,8,14H,4,7,13H2,1-3H3. The Bertz CT molecular complexity index is 377. The molecule has 0 spiro atoms. The molecule has 0 radical (unpaired) electrons. The predicted octanol–water partition coefficient (Wildman–Crippen LogP) is 1.76. The van der Waals surface area contributed by atoms with Crippen LogP contribution in [-0.2, 0) is 0 Å². The maximum absolute atomic E-state index is 12.0. The van der Waals surface area contributed by atoms with Gasteiger partial charge in [-0.15, -0.1) is 0 Å². The Labute approximate surface area is 96.4 Å². The van der Waals surface area contributed by atoms with Crippen molar-refractivity contribution in [2.45, 2.75) is 20.3 Å². The van der Waals surface area contributed by atoms with Crippen LogP contribution in [0.25, 0.3) is 0 Å². The zero-order valence-corrected chi connectivity index (χ0v) is 10.1. The van der Waals surface area contributed by atoms with Crippen LogP contribution in [0.5, 0.6) is 0 Å². The van der Waals surface area contributed by atoms with E-state index < -0.39 is 0 Å². The summed E-state index contributed by atoms with van der Waals surface area (Å²) in [4.78, 5) is 13.7. The molecular weight excluding hydrogens is 202 g/mol. The van der Waals surface area contributed by atoms with Gasteiger partial charge in [-0.25, -0.2) is 0 Å². The summed E-state index contributed by atoms with van der Waals surface area (Å²) in [6, 6.07) is 5.46. The quantitative estimate of drug-likeness (QED) is 0.601. The number of amides is 1. The molecule has 0 aliphatic heterocycles. The Balaban J connectivity index is 2.88. The molecule has 3 N–H and O–H groups in total. The van der Waals surface area contributed by atoms with Crippen LogP contribution >= 0.6 is 0 Å². The van der Waals surface area contributed by atoms with Gasteiger partial charge in [0.2, 0.25) is 0 Å². The molecule has 0 atom stereocenters. The van der Waals surface area contributed by atoms with Crippen LogP contribution in [0.4, 0.5) is 5.69 Å². The first-order chi connectivity index (χ1) is 7.60. The number of hydrazine groups is 1. The number of carbonyl (C=O) groups is 1. The van der Waals surface area contributed by atoms with Gasteiger partial charge in [-0.2, -0.15) is 0 Å². The number of hydrogen-bond donors (Lipinski definition) is 2. The van der Waals surface area contributed by atoms with Gasteiger partial charge in [0.15, 0.2) is 0 Å². The normalized spacial score (nSPS) is 10.0. The molecule has 0 aromatic heterocycles. The van der Waals surface area contributed by atoms with Crippen LogP contribution < -0.4 is 11.3 Å². The highest BCUT2D eigenvalue weighted by molar-refractivity contribution is 5.94. The van der Waals surface area contributed by atoms with Gasteiger partial charge in [0.05, 0.1) is 5.69 Å². The van der Waals surface area contributed by atoms with E-state index in [9.17, 15) is 4.79 Å². The molecule has 0 aliphatic rings. The van der Waals surface area contributed by atoms with E-state index in [1.807, 2.05) is 26.1 Å². The van der Waals surface area contributed by atoms with E-state index in [-0.39, 0.29) is 5.91 Å². The highest BCUT2D eigenvalue weighted by atomic mass is 16.2. The second kappa shape index (κ2) is 5.51. The van der Waals surface area contributed by atoms with Gasteiger partial charge >= 0.3 is 0 Å². The van der Waals surface area contributed by atoms with Crippen molar-refractivity contribution in [2.24, 2.45) is 5.84 Å². The second-order valence-corrected chi connectivity index (χ2v) is 3.90. The number of aryl methyl sites for hydroxylation is 1. The Morgan fingerprint density at radius 1 is 1.50 bits per heavy atom. The number of nitrogen functional groups attached to an aromatic ring is 1.